The third-order valence-corrected chi connectivity index (χ3v) is 4.59. The Morgan fingerprint density at radius 1 is 1.20 bits per heavy atom. The Morgan fingerprint density at radius 2 is 1.75 bits per heavy atom. The number of carboxylic acids is 1. The van der Waals surface area contributed by atoms with Gasteiger partial charge in [-0.3, -0.25) is 4.79 Å². The zero-order chi connectivity index (χ0) is 15.3. The van der Waals surface area contributed by atoms with Crippen molar-refractivity contribution >= 4 is 16.0 Å². The van der Waals surface area contributed by atoms with Crippen molar-refractivity contribution in [2.24, 2.45) is 5.92 Å². The lowest BCUT2D eigenvalue weighted by Gasteiger charge is -2.25. The Kier molecular flexibility index (Phi) is 5.67. The molecule has 1 rings (SSSR count). The highest BCUT2D eigenvalue weighted by atomic mass is 32.2. The summed E-state index contributed by atoms with van der Waals surface area (Å²) in [4.78, 5) is 11.0. The minimum absolute atomic E-state index is 0.0817. The number of aliphatic carboxylic acids is 1. The molecule has 7 heteroatoms. The summed E-state index contributed by atoms with van der Waals surface area (Å²) in [6.45, 7) is 2.56. The average Bonchev–Trinajstić information content (AvgIpc) is 2.38. The number of carbonyl (C=O) groups is 1. The van der Waals surface area contributed by atoms with Crippen molar-refractivity contribution in [3.63, 3.8) is 0 Å². The average molecular weight is 301 g/mol. The van der Waals surface area contributed by atoms with E-state index in [0.29, 0.717) is 0 Å². The fourth-order valence-electron chi connectivity index (χ4n) is 1.69. The summed E-state index contributed by atoms with van der Waals surface area (Å²) in [5.41, 5.74) is 0. The second kappa shape index (κ2) is 6.83. The largest absolute Gasteiger partial charge is 0.481 e. The van der Waals surface area contributed by atoms with Crippen molar-refractivity contribution in [3.05, 3.63) is 30.3 Å². The van der Waals surface area contributed by atoms with Crippen molar-refractivity contribution in [1.82, 2.24) is 4.31 Å². The predicted octanol–water partition coefficient (Wildman–Crippen LogP) is 0.779. The van der Waals surface area contributed by atoms with Gasteiger partial charge in [-0.05, 0) is 19.1 Å². The topological polar surface area (TPSA) is 94.9 Å². The van der Waals surface area contributed by atoms with Gasteiger partial charge in [0.15, 0.2) is 0 Å². The first kappa shape index (κ1) is 16.6. The molecule has 0 heterocycles. The van der Waals surface area contributed by atoms with Gasteiger partial charge in [0.2, 0.25) is 10.0 Å². The Labute approximate surface area is 118 Å². The summed E-state index contributed by atoms with van der Waals surface area (Å²) in [7, 11) is -3.81. The van der Waals surface area contributed by atoms with Gasteiger partial charge in [-0.2, -0.15) is 4.31 Å². The van der Waals surface area contributed by atoms with Crippen LogP contribution in [0.2, 0.25) is 0 Å². The maximum absolute atomic E-state index is 12.4. The lowest BCUT2D eigenvalue weighted by molar-refractivity contribution is -0.141. The molecule has 2 N–H and O–H groups in total. The molecular formula is C13H19NO5S. The number of carboxylic acid groups (broad SMARTS) is 1. The zero-order valence-electron chi connectivity index (χ0n) is 11.4. The molecule has 112 valence electrons. The van der Waals surface area contributed by atoms with E-state index >= 15 is 0 Å². The molecule has 2 unspecified atom stereocenters. The van der Waals surface area contributed by atoms with Gasteiger partial charge in [0.25, 0.3) is 0 Å². The van der Waals surface area contributed by atoms with Crippen LogP contribution in [0.15, 0.2) is 35.2 Å². The molecular weight excluding hydrogens is 282 g/mol. The number of benzene rings is 1. The molecule has 6 nitrogen and oxygen atoms in total. The number of hydrogen-bond donors (Lipinski definition) is 2. The second-order valence-corrected chi connectivity index (χ2v) is 6.66. The number of hydrogen-bond acceptors (Lipinski definition) is 4. The van der Waals surface area contributed by atoms with Crippen LogP contribution in [-0.2, 0) is 14.8 Å². The van der Waals surface area contributed by atoms with E-state index in [1.54, 1.807) is 18.2 Å². The summed E-state index contributed by atoms with van der Waals surface area (Å²) in [5.74, 6) is -1.93. The maximum atomic E-state index is 12.4. The van der Waals surface area contributed by atoms with E-state index in [0.717, 1.165) is 4.31 Å². The van der Waals surface area contributed by atoms with Crippen LogP contribution >= 0.6 is 0 Å². The van der Waals surface area contributed by atoms with Crippen molar-refractivity contribution < 1.29 is 23.4 Å². The molecule has 0 aliphatic carbocycles. The Balaban J connectivity index is 3.07. The molecule has 0 amide bonds. The number of aliphatic hydroxyl groups excluding tert-OH is 1. The normalized spacial score (nSPS) is 15.0. The van der Waals surface area contributed by atoms with E-state index in [2.05, 4.69) is 0 Å². The number of sulfonamides is 1. The lowest BCUT2D eigenvalue weighted by Crippen LogP contribution is -2.40. The first-order valence-electron chi connectivity index (χ1n) is 6.21. The van der Waals surface area contributed by atoms with Gasteiger partial charge in [-0.1, -0.05) is 25.1 Å². The molecule has 0 aliphatic rings. The molecule has 0 aromatic heterocycles. The van der Waals surface area contributed by atoms with E-state index in [4.69, 9.17) is 5.11 Å². The molecule has 0 bridgehead atoms. The van der Waals surface area contributed by atoms with Crippen LogP contribution < -0.4 is 0 Å². The van der Waals surface area contributed by atoms with Gasteiger partial charge in [0.1, 0.15) is 0 Å². The van der Waals surface area contributed by atoms with Gasteiger partial charge in [0.05, 0.1) is 16.9 Å². The van der Waals surface area contributed by atoms with Crippen molar-refractivity contribution in [2.45, 2.75) is 24.8 Å². The van der Waals surface area contributed by atoms with Crippen molar-refractivity contribution in [3.8, 4) is 0 Å². The maximum Gasteiger partial charge on any atom is 0.307 e. The van der Waals surface area contributed by atoms with Gasteiger partial charge >= 0.3 is 5.97 Å². The summed E-state index contributed by atoms with van der Waals surface area (Å²) < 4.78 is 25.9. The number of rotatable bonds is 7. The van der Waals surface area contributed by atoms with Gasteiger partial charge in [0, 0.05) is 13.1 Å². The van der Waals surface area contributed by atoms with E-state index in [1.165, 1.54) is 26.0 Å². The molecule has 0 fully saturated rings. The predicted molar refractivity (Wildman–Crippen MR) is 73.7 cm³/mol. The Bertz CT molecular complexity index is 541. The molecule has 2 atom stereocenters. The third kappa shape index (κ3) is 4.29. The minimum atomic E-state index is -3.81. The van der Waals surface area contributed by atoms with Crippen LogP contribution in [0, 0.1) is 5.92 Å². The fraction of sp³-hybridized carbons (Fsp3) is 0.462. The van der Waals surface area contributed by atoms with E-state index in [-0.39, 0.29) is 18.0 Å². The summed E-state index contributed by atoms with van der Waals surface area (Å²) in [6, 6.07) is 7.76. The van der Waals surface area contributed by atoms with Crippen molar-refractivity contribution in [2.75, 3.05) is 13.1 Å². The molecule has 0 radical (unpaired) electrons. The van der Waals surface area contributed by atoms with Gasteiger partial charge in [-0.15, -0.1) is 0 Å². The molecule has 0 saturated carbocycles. The fourth-order valence-corrected chi connectivity index (χ4v) is 3.32. The van der Waals surface area contributed by atoms with E-state index < -0.39 is 28.0 Å². The van der Waals surface area contributed by atoms with Crippen LogP contribution in [0.3, 0.4) is 0 Å². The number of aliphatic hydroxyl groups is 1. The first-order valence-corrected chi connectivity index (χ1v) is 7.65. The summed E-state index contributed by atoms with van der Waals surface area (Å²) >= 11 is 0. The van der Waals surface area contributed by atoms with Crippen LogP contribution in [0.1, 0.15) is 13.8 Å². The molecule has 0 saturated heterocycles. The lowest BCUT2D eigenvalue weighted by atomic mass is 10.2. The van der Waals surface area contributed by atoms with E-state index in [1.807, 2.05) is 0 Å². The van der Waals surface area contributed by atoms with Gasteiger partial charge < -0.3 is 10.2 Å². The molecule has 0 aliphatic heterocycles. The Hall–Kier alpha value is -1.44. The molecule has 1 aromatic carbocycles. The van der Waals surface area contributed by atoms with Gasteiger partial charge in [-0.25, -0.2) is 8.42 Å². The third-order valence-electron chi connectivity index (χ3n) is 2.75. The van der Waals surface area contributed by atoms with E-state index in [9.17, 15) is 18.3 Å². The molecule has 0 spiro atoms. The minimum Gasteiger partial charge on any atom is -0.481 e. The van der Waals surface area contributed by atoms with Crippen LogP contribution in [0.4, 0.5) is 0 Å². The smallest absolute Gasteiger partial charge is 0.307 e. The van der Waals surface area contributed by atoms with Crippen LogP contribution in [-0.4, -0.2) is 48.1 Å². The standard InChI is InChI=1S/C13H19NO5S/c1-10(13(16)17)8-14(9-11(2)15)20(18,19)12-6-4-3-5-7-12/h3-7,10-11,15H,8-9H2,1-2H3,(H,16,17). The molecule has 20 heavy (non-hydrogen) atoms. The monoisotopic (exact) mass is 301 g/mol. The Morgan fingerprint density at radius 3 is 2.20 bits per heavy atom. The van der Waals surface area contributed by atoms with Crippen molar-refractivity contribution in [1.29, 1.82) is 0 Å². The van der Waals surface area contributed by atoms with Crippen LogP contribution in [0.25, 0.3) is 0 Å². The summed E-state index contributed by atoms with van der Waals surface area (Å²) in [5, 5.41) is 18.3. The highest BCUT2D eigenvalue weighted by Crippen LogP contribution is 2.17. The molecule has 1 aromatic rings. The number of nitrogens with zero attached hydrogens (tertiary/aromatic N) is 1. The zero-order valence-corrected chi connectivity index (χ0v) is 12.2. The first-order chi connectivity index (χ1) is 9.25. The van der Waals surface area contributed by atoms with Crippen LogP contribution in [0.5, 0.6) is 0 Å². The highest BCUT2D eigenvalue weighted by Gasteiger charge is 2.28. The SMILES string of the molecule is CC(O)CN(CC(C)C(=O)O)S(=O)(=O)c1ccccc1. The second-order valence-electron chi connectivity index (χ2n) is 4.72. The highest BCUT2D eigenvalue weighted by molar-refractivity contribution is 7.89. The summed E-state index contributed by atoms with van der Waals surface area (Å²) in [6.07, 6.45) is -0.880. The quantitative estimate of drug-likeness (QED) is 0.776.